The van der Waals surface area contributed by atoms with Crippen LogP contribution in [0.5, 0.6) is 0 Å². The average Bonchev–Trinajstić information content (AvgIpc) is 3.19. The quantitative estimate of drug-likeness (QED) is 0.875. The molecular weight excluding hydrogens is 334 g/mol. The summed E-state index contributed by atoms with van der Waals surface area (Å²) in [4.78, 5) is 32.7. The van der Waals surface area contributed by atoms with Crippen LogP contribution in [0.1, 0.15) is 23.3 Å². The molecule has 136 valence electrons. The van der Waals surface area contributed by atoms with E-state index in [0.29, 0.717) is 31.9 Å². The van der Waals surface area contributed by atoms with Gasteiger partial charge in [0.2, 0.25) is 5.91 Å². The molecule has 2 amide bonds. The molecule has 2 fully saturated rings. The molecule has 1 atom stereocenters. The standard InChI is InChI=1S/C18H21N5O3/c24-17-11-20-6-8-23(17)14-4-2-7-22(12-14)18(25)15-9-16(26-21-15)13-3-1-5-19-10-13/h1,3,5,9-10,14,20H,2,4,6-8,11-12H2. The zero-order valence-electron chi connectivity index (χ0n) is 14.4. The Morgan fingerprint density at radius 3 is 3.08 bits per heavy atom. The Kier molecular flexibility index (Phi) is 4.66. The van der Waals surface area contributed by atoms with Crippen LogP contribution in [0.4, 0.5) is 0 Å². The van der Waals surface area contributed by atoms with Gasteiger partial charge in [-0.2, -0.15) is 0 Å². The van der Waals surface area contributed by atoms with E-state index < -0.39 is 0 Å². The van der Waals surface area contributed by atoms with Crippen molar-refractivity contribution in [2.75, 3.05) is 32.7 Å². The van der Waals surface area contributed by atoms with E-state index in [1.165, 1.54) is 0 Å². The molecule has 0 bridgehead atoms. The van der Waals surface area contributed by atoms with Crippen LogP contribution in [0.3, 0.4) is 0 Å². The highest BCUT2D eigenvalue weighted by molar-refractivity contribution is 5.93. The number of nitrogens with zero attached hydrogens (tertiary/aromatic N) is 4. The van der Waals surface area contributed by atoms with Gasteiger partial charge in [0, 0.05) is 56.2 Å². The molecule has 0 aromatic carbocycles. The molecule has 2 aliphatic rings. The predicted molar refractivity (Wildman–Crippen MR) is 93.2 cm³/mol. The van der Waals surface area contributed by atoms with Gasteiger partial charge in [0.15, 0.2) is 11.5 Å². The first-order chi connectivity index (χ1) is 12.7. The Labute approximate surface area is 151 Å². The first-order valence-electron chi connectivity index (χ1n) is 8.89. The molecule has 1 unspecified atom stereocenters. The number of nitrogens with one attached hydrogen (secondary N) is 1. The molecule has 26 heavy (non-hydrogen) atoms. The van der Waals surface area contributed by atoms with Crippen LogP contribution in [0.15, 0.2) is 35.1 Å². The average molecular weight is 355 g/mol. The van der Waals surface area contributed by atoms with E-state index in [1.807, 2.05) is 11.0 Å². The summed E-state index contributed by atoms with van der Waals surface area (Å²) < 4.78 is 5.31. The van der Waals surface area contributed by atoms with Gasteiger partial charge in [-0.3, -0.25) is 14.6 Å². The Bertz CT molecular complexity index is 791. The third-order valence-corrected chi connectivity index (χ3v) is 4.93. The van der Waals surface area contributed by atoms with Crippen LogP contribution in [-0.2, 0) is 4.79 Å². The summed E-state index contributed by atoms with van der Waals surface area (Å²) >= 11 is 0. The lowest BCUT2D eigenvalue weighted by Gasteiger charge is -2.40. The van der Waals surface area contributed by atoms with Crippen molar-refractivity contribution in [2.24, 2.45) is 0 Å². The molecule has 0 saturated carbocycles. The summed E-state index contributed by atoms with van der Waals surface area (Å²) in [5, 5.41) is 7.02. The third kappa shape index (κ3) is 3.32. The maximum absolute atomic E-state index is 12.8. The van der Waals surface area contributed by atoms with E-state index >= 15 is 0 Å². The summed E-state index contributed by atoms with van der Waals surface area (Å²) in [7, 11) is 0. The predicted octanol–water partition coefficient (Wildman–Crippen LogP) is 0.773. The SMILES string of the molecule is O=C(c1cc(-c2cccnc2)on1)N1CCCC(N2CCNCC2=O)C1. The highest BCUT2D eigenvalue weighted by Crippen LogP contribution is 2.22. The fraction of sp³-hybridized carbons (Fsp3) is 0.444. The number of rotatable bonds is 3. The zero-order chi connectivity index (χ0) is 17.9. The van der Waals surface area contributed by atoms with Gasteiger partial charge in [0.1, 0.15) is 0 Å². The van der Waals surface area contributed by atoms with E-state index in [-0.39, 0.29) is 23.6 Å². The van der Waals surface area contributed by atoms with Crippen molar-refractivity contribution in [3.05, 3.63) is 36.3 Å². The molecular formula is C18H21N5O3. The number of carbonyl (C=O) groups is 2. The van der Waals surface area contributed by atoms with E-state index in [4.69, 9.17) is 4.52 Å². The smallest absolute Gasteiger partial charge is 0.276 e. The van der Waals surface area contributed by atoms with Crippen molar-refractivity contribution >= 4 is 11.8 Å². The molecule has 2 saturated heterocycles. The maximum Gasteiger partial charge on any atom is 0.276 e. The molecule has 4 rings (SSSR count). The highest BCUT2D eigenvalue weighted by Gasteiger charge is 2.32. The van der Waals surface area contributed by atoms with Crippen LogP contribution in [0, 0.1) is 0 Å². The van der Waals surface area contributed by atoms with Gasteiger partial charge < -0.3 is 19.6 Å². The van der Waals surface area contributed by atoms with Crippen molar-refractivity contribution in [1.82, 2.24) is 25.3 Å². The molecule has 2 aliphatic heterocycles. The summed E-state index contributed by atoms with van der Waals surface area (Å²) in [5.74, 6) is 0.472. The Morgan fingerprint density at radius 2 is 2.27 bits per heavy atom. The van der Waals surface area contributed by atoms with Crippen LogP contribution >= 0.6 is 0 Å². The minimum Gasteiger partial charge on any atom is -0.355 e. The van der Waals surface area contributed by atoms with Gasteiger partial charge in [-0.15, -0.1) is 0 Å². The van der Waals surface area contributed by atoms with Crippen molar-refractivity contribution in [3.63, 3.8) is 0 Å². The normalized spacial score (nSPS) is 21.1. The molecule has 2 aromatic rings. The van der Waals surface area contributed by atoms with Gasteiger partial charge in [-0.25, -0.2) is 0 Å². The summed E-state index contributed by atoms with van der Waals surface area (Å²) in [6.07, 6.45) is 5.15. The van der Waals surface area contributed by atoms with E-state index in [9.17, 15) is 9.59 Å². The molecule has 8 heteroatoms. The second-order valence-electron chi connectivity index (χ2n) is 6.63. The number of amides is 2. The lowest BCUT2D eigenvalue weighted by molar-refractivity contribution is -0.135. The van der Waals surface area contributed by atoms with Crippen molar-refractivity contribution in [1.29, 1.82) is 0 Å². The number of aromatic nitrogens is 2. The Hall–Kier alpha value is -2.74. The van der Waals surface area contributed by atoms with Crippen LogP contribution in [-0.4, -0.2) is 70.5 Å². The molecule has 0 radical (unpaired) electrons. The minimum atomic E-state index is -0.156. The van der Waals surface area contributed by atoms with Gasteiger partial charge in [0.25, 0.3) is 5.91 Å². The second kappa shape index (κ2) is 7.25. The third-order valence-electron chi connectivity index (χ3n) is 4.93. The van der Waals surface area contributed by atoms with E-state index in [1.54, 1.807) is 29.4 Å². The van der Waals surface area contributed by atoms with Gasteiger partial charge in [-0.05, 0) is 25.0 Å². The van der Waals surface area contributed by atoms with E-state index in [0.717, 1.165) is 24.9 Å². The Morgan fingerprint density at radius 1 is 1.35 bits per heavy atom. The first kappa shape index (κ1) is 16.7. The summed E-state index contributed by atoms with van der Waals surface area (Å²) in [6, 6.07) is 5.39. The van der Waals surface area contributed by atoms with Gasteiger partial charge in [-0.1, -0.05) is 5.16 Å². The van der Waals surface area contributed by atoms with Gasteiger partial charge >= 0.3 is 0 Å². The lowest BCUT2D eigenvalue weighted by Crippen LogP contribution is -2.57. The second-order valence-corrected chi connectivity index (χ2v) is 6.63. The zero-order valence-corrected chi connectivity index (χ0v) is 14.4. The molecule has 1 N–H and O–H groups in total. The first-order valence-corrected chi connectivity index (χ1v) is 8.89. The lowest BCUT2D eigenvalue weighted by atomic mass is 10.0. The molecule has 8 nitrogen and oxygen atoms in total. The topological polar surface area (TPSA) is 91.6 Å². The number of pyridine rings is 1. The molecule has 2 aromatic heterocycles. The summed E-state index contributed by atoms with van der Waals surface area (Å²) in [5.41, 5.74) is 1.07. The number of hydrogen-bond donors (Lipinski definition) is 1. The molecule has 0 aliphatic carbocycles. The maximum atomic E-state index is 12.8. The monoisotopic (exact) mass is 355 g/mol. The number of piperidine rings is 1. The number of piperazine rings is 1. The number of hydrogen-bond acceptors (Lipinski definition) is 6. The summed E-state index contributed by atoms with van der Waals surface area (Å²) in [6.45, 7) is 3.08. The van der Waals surface area contributed by atoms with Crippen molar-refractivity contribution in [3.8, 4) is 11.3 Å². The minimum absolute atomic E-state index is 0.0759. The van der Waals surface area contributed by atoms with Crippen LogP contribution < -0.4 is 5.32 Å². The van der Waals surface area contributed by atoms with E-state index in [2.05, 4.69) is 15.5 Å². The van der Waals surface area contributed by atoms with Gasteiger partial charge in [0.05, 0.1) is 6.54 Å². The van der Waals surface area contributed by atoms with Crippen molar-refractivity contribution < 1.29 is 14.1 Å². The fourth-order valence-electron chi connectivity index (χ4n) is 3.58. The number of likely N-dealkylation sites (tertiary alicyclic amines) is 1. The number of carbonyl (C=O) groups excluding carboxylic acids is 2. The fourth-order valence-corrected chi connectivity index (χ4v) is 3.58. The largest absolute Gasteiger partial charge is 0.355 e. The van der Waals surface area contributed by atoms with Crippen molar-refractivity contribution in [2.45, 2.75) is 18.9 Å². The molecule has 0 spiro atoms. The van der Waals surface area contributed by atoms with Crippen LogP contribution in [0.2, 0.25) is 0 Å². The van der Waals surface area contributed by atoms with Crippen LogP contribution in [0.25, 0.3) is 11.3 Å². The highest BCUT2D eigenvalue weighted by atomic mass is 16.5. The molecule has 4 heterocycles. The Balaban J connectivity index is 1.46.